The van der Waals surface area contributed by atoms with Crippen molar-refractivity contribution < 1.29 is 22.8 Å². The Kier molecular flexibility index (Phi) is 5.02. The van der Waals surface area contributed by atoms with Crippen molar-refractivity contribution in [2.24, 2.45) is 0 Å². The number of hydrogen-bond acceptors (Lipinski definition) is 3. The summed E-state index contributed by atoms with van der Waals surface area (Å²) in [6, 6.07) is 15.0. The quantitative estimate of drug-likeness (QED) is 0.477. The number of aromatic nitrogens is 2. The molecule has 1 aromatic heterocycles. The number of rotatable bonds is 5. The van der Waals surface area contributed by atoms with Crippen molar-refractivity contribution in [3.05, 3.63) is 113 Å². The highest BCUT2D eigenvalue weighted by Gasteiger charge is 2.26. The van der Waals surface area contributed by atoms with Crippen LogP contribution in [0.15, 0.2) is 72.8 Å². The Morgan fingerprint density at radius 1 is 0.633 bits per heavy atom. The lowest BCUT2D eigenvalue weighted by Gasteiger charge is -2.06. The van der Waals surface area contributed by atoms with Gasteiger partial charge < -0.3 is 0 Å². The maximum Gasteiger partial charge on any atom is 0.213 e. The second-order valence-corrected chi connectivity index (χ2v) is 6.50. The Morgan fingerprint density at radius 3 is 1.57 bits per heavy atom. The summed E-state index contributed by atoms with van der Waals surface area (Å²) in [5.74, 6) is -2.54. The van der Waals surface area contributed by atoms with E-state index in [4.69, 9.17) is 0 Å². The van der Waals surface area contributed by atoms with E-state index < -0.39 is 29.0 Å². The molecule has 0 radical (unpaired) electrons. The minimum Gasteiger partial charge on any atom is -0.287 e. The Labute approximate surface area is 169 Å². The first-order chi connectivity index (χ1) is 14.4. The number of halogens is 3. The zero-order chi connectivity index (χ0) is 21.3. The zero-order valence-corrected chi connectivity index (χ0v) is 15.3. The van der Waals surface area contributed by atoms with Crippen LogP contribution in [0.25, 0.3) is 11.1 Å². The fraction of sp³-hybridized carbons (Fsp3) is 0. The zero-order valence-electron chi connectivity index (χ0n) is 15.3. The molecule has 0 fully saturated rings. The third kappa shape index (κ3) is 3.65. The van der Waals surface area contributed by atoms with Crippen molar-refractivity contribution in [2.45, 2.75) is 0 Å². The summed E-state index contributed by atoms with van der Waals surface area (Å²) in [4.78, 5) is 26.0. The van der Waals surface area contributed by atoms with Crippen LogP contribution < -0.4 is 0 Å². The Balaban J connectivity index is 1.86. The number of ketones is 2. The van der Waals surface area contributed by atoms with Gasteiger partial charge in [0.25, 0.3) is 0 Å². The van der Waals surface area contributed by atoms with Crippen LogP contribution in [0.4, 0.5) is 13.2 Å². The molecule has 0 saturated heterocycles. The van der Waals surface area contributed by atoms with Gasteiger partial charge in [0.2, 0.25) is 11.6 Å². The molecule has 0 bridgehead atoms. The highest BCUT2D eigenvalue weighted by molar-refractivity contribution is 6.17. The van der Waals surface area contributed by atoms with Crippen LogP contribution in [0.1, 0.15) is 32.1 Å². The fourth-order valence-electron chi connectivity index (χ4n) is 3.05. The van der Waals surface area contributed by atoms with Gasteiger partial charge in [-0.1, -0.05) is 12.1 Å². The molecular weight excluding hydrogens is 393 g/mol. The van der Waals surface area contributed by atoms with Gasteiger partial charge in [0, 0.05) is 16.7 Å². The van der Waals surface area contributed by atoms with Crippen molar-refractivity contribution in [3.63, 3.8) is 0 Å². The summed E-state index contributed by atoms with van der Waals surface area (Å²) in [5, 5.41) is 6.60. The van der Waals surface area contributed by atoms with Crippen LogP contribution in [-0.2, 0) is 0 Å². The maximum absolute atomic E-state index is 13.4. The number of aromatic amines is 1. The summed E-state index contributed by atoms with van der Waals surface area (Å²) in [6.45, 7) is 0. The van der Waals surface area contributed by atoms with Crippen LogP contribution in [0.5, 0.6) is 0 Å². The molecular formula is C23H13F3N2O2. The largest absolute Gasteiger partial charge is 0.287 e. The maximum atomic E-state index is 13.4. The van der Waals surface area contributed by atoms with Gasteiger partial charge in [-0.3, -0.25) is 14.7 Å². The van der Waals surface area contributed by atoms with E-state index in [1.165, 1.54) is 48.5 Å². The van der Waals surface area contributed by atoms with E-state index in [0.29, 0.717) is 5.56 Å². The Bertz CT molecular complexity index is 1150. The van der Waals surface area contributed by atoms with E-state index in [0.717, 1.165) is 24.3 Å². The molecule has 4 rings (SSSR count). The molecule has 7 heteroatoms. The van der Waals surface area contributed by atoms with Gasteiger partial charge in [0.05, 0.1) is 0 Å². The highest BCUT2D eigenvalue weighted by atomic mass is 19.1. The number of hydrogen-bond donors (Lipinski definition) is 1. The van der Waals surface area contributed by atoms with Crippen molar-refractivity contribution >= 4 is 11.6 Å². The van der Waals surface area contributed by atoms with Gasteiger partial charge in [-0.15, -0.1) is 0 Å². The van der Waals surface area contributed by atoms with Gasteiger partial charge in [-0.05, 0) is 66.2 Å². The second kappa shape index (κ2) is 7.79. The Morgan fingerprint density at radius 2 is 1.07 bits per heavy atom. The standard InChI is InChI=1S/C23H13F3N2O2/c24-16-7-1-13(2-8-16)19-20(22(29)14-3-9-17(25)10-4-14)27-28-21(19)23(30)15-5-11-18(26)12-6-15/h1-12H,(H,27,28). The summed E-state index contributed by atoms with van der Waals surface area (Å²) in [5.41, 5.74) is 0.855. The summed E-state index contributed by atoms with van der Waals surface area (Å²) >= 11 is 0. The van der Waals surface area contributed by atoms with Gasteiger partial charge in [0.1, 0.15) is 28.8 Å². The first kappa shape index (κ1) is 19.3. The summed E-state index contributed by atoms with van der Waals surface area (Å²) in [7, 11) is 0. The minimum absolute atomic E-state index is 0.00122. The van der Waals surface area contributed by atoms with Crippen LogP contribution >= 0.6 is 0 Å². The number of H-pyrrole nitrogens is 1. The molecule has 0 saturated carbocycles. The van der Waals surface area contributed by atoms with Crippen molar-refractivity contribution in [3.8, 4) is 11.1 Å². The third-order valence-electron chi connectivity index (χ3n) is 4.55. The van der Waals surface area contributed by atoms with Crippen LogP contribution in [0, 0.1) is 17.5 Å². The second-order valence-electron chi connectivity index (χ2n) is 6.50. The molecule has 0 aliphatic carbocycles. The first-order valence-corrected chi connectivity index (χ1v) is 8.89. The van der Waals surface area contributed by atoms with Crippen molar-refractivity contribution in [1.82, 2.24) is 10.2 Å². The van der Waals surface area contributed by atoms with Gasteiger partial charge in [0.15, 0.2) is 0 Å². The molecule has 30 heavy (non-hydrogen) atoms. The lowest BCUT2D eigenvalue weighted by Crippen LogP contribution is -2.06. The molecule has 1 heterocycles. The summed E-state index contributed by atoms with van der Waals surface area (Å²) < 4.78 is 39.9. The van der Waals surface area contributed by atoms with E-state index in [1.807, 2.05) is 0 Å². The SMILES string of the molecule is O=C(c1ccc(F)cc1)c1n[nH]c(C(=O)c2ccc(F)cc2)c1-c1ccc(F)cc1. The average molecular weight is 406 g/mol. The van der Waals surface area contributed by atoms with E-state index in [1.54, 1.807) is 0 Å². The lowest BCUT2D eigenvalue weighted by molar-refractivity contribution is 0.102. The van der Waals surface area contributed by atoms with E-state index >= 15 is 0 Å². The predicted octanol–water partition coefficient (Wildman–Crippen LogP) is 4.96. The molecule has 0 spiro atoms. The van der Waals surface area contributed by atoms with Gasteiger partial charge >= 0.3 is 0 Å². The van der Waals surface area contributed by atoms with Gasteiger partial charge in [-0.25, -0.2) is 13.2 Å². The number of benzene rings is 3. The normalized spacial score (nSPS) is 10.8. The van der Waals surface area contributed by atoms with Crippen molar-refractivity contribution in [2.75, 3.05) is 0 Å². The molecule has 0 amide bonds. The highest BCUT2D eigenvalue weighted by Crippen LogP contribution is 2.30. The van der Waals surface area contributed by atoms with Crippen LogP contribution in [0.3, 0.4) is 0 Å². The molecule has 4 nitrogen and oxygen atoms in total. The van der Waals surface area contributed by atoms with E-state index in [9.17, 15) is 22.8 Å². The minimum atomic E-state index is -0.538. The monoisotopic (exact) mass is 406 g/mol. The summed E-state index contributed by atoms with van der Waals surface area (Å²) in [6.07, 6.45) is 0. The topological polar surface area (TPSA) is 62.8 Å². The number of nitrogens with zero attached hydrogens (tertiary/aromatic N) is 1. The molecule has 4 aromatic rings. The fourth-order valence-corrected chi connectivity index (χ4v) is 3.05. The van der Waals surface area contributed by atoms with E-state index in [2.05, 4.69) is 10.2 Å². The van der Waals surface area contributed by atoms with E-state index in [-0.39, 0.29) is 28.1 Å². The molecule has 0 aliphatic heterocycles. The predicted molar refractivity (Wildman–Crippen MR) is 104 cm³/mol. The lowest BCUT2D eigenvalue weighted by atomic mass is 9.95. The Hall–Kier alpha value is -4.00. The third-order valence-corrected chi connectivity index (χ3v) is 4.55. The molecule has 0 aliphatic rings. The molecule has 1 N–H and O–H groups in total. The molecule has 3 aromatic carbocycles. The number of carbonyl (C=O) groups excluding carboxylic acids is 2. The number of nitrogens with one attached hydrogen (secondary N) is 1. The number of carbonyl (C=O) groups is 2. The van der Waals surface area contributed by atoms with Crippen molar-refractivity contribution in [1.29, 1.82) is 0 Å². The first-order valence-electron chi connectivity index (χ1n) is 8.89. The average Bonchev–Trinajstić information content (AvgIpc) is 3.19. The smallest absolute Gasteiger partial charge is 0.213 e. The molecule has 0 unspecified atom stereocenters. The molecule has 148 valence electrons. The molecule has 0 atom stereocenters. The van der Waals surface area contributed by atoms with Gasteiger partial charge in [-0.2, -0.15) is 5.10 Å². The van der Waals surface area contributed by atoms with Crippen LogP contribution in [0.2, 0.25) is 0 Å². The van der Waals surface area contributed by atoms with Crippen LogP contribution in [-0.4, -0.2) is 21.8 Å².